The van der Waals surface area contributed by atoms with Gasteiger partial charge in [0.15, 0.2) is 5.76 Å². The lowest BCUT2D eigenvalue weighted by Gasteiger charge is -2.31. The molecule has 0 radical (unpaired) electrons. The highest BCUT2D eigenvalue weighted by molar-refractivity contribution is 6.30. The molecule has 2 aromatic carbocycles. The van der Waals surface area contributed by atoms with Gasteiger partial charge in [0.05, 0.1) is 11.1 Å². The van der Waals surface area contributed by atoms with Gasteiger partial charge in [0.1, 0.15) is 18.2 Å². The molecule has 5 heteroatoms. The minimum atomic E-state index is -0.0822. The van der Waals surface area contributed by atoms with Crippen molar-refractivity contribution in [3.05, 3.63) is 63.4 Å². The van der Waals surface area contributed by atoms with E-state index in [9.17, 15) is 4.79 Å². The molecule has 0 aromatic heterocycles. The molecule has 0 amide bonds. The van der Waals surface area contributed by atoms with Crippen molar-refractivity contribution in [1.82, 2.24) is 4.90 Å². The molecular formula is C22H22ClNO3. The second-order valence-electron chi connectivity index (χ2n) is 7.54. The number of Topliss-reactive ketones (excluding diaryl/α,β-unsaturated/α-hetero) is 1. The van der Waals surface area contributed by atoms with E-state index in [-0.39, 0.29) is 5.78 Å². The van der Waals surface area contributed by atoms with Gasteiger partial charge in [-0.05, 0) is 48.2 Å². The van der Waals surface area contributed by atoms with Crippen molar-refractivity contribution in [2.45, 2.75) is 27.3 Å². The van der Waals surface area contributed by atoms with E-state index in [1.165, 1.54) is 0 Å². The number of fused-ring (bicyclic) bond motifs is 3. The monoisotopic (exact) mass is 383 g/mol. The van der Waals surface area contributed by atoms with Gasteiger partial charge in [-0.3, -0.25) is 9.69 Å². The maximum Gasteiger partial charge on any atom is 0.232 e. The smallest absolute Gasteiger partial charge is 0.232 e. The third-order valence-corrected chi connectivity index (χ3v) is 5.03. The standard InChI is InChI=1S/C22H22ClNO3/c1-13(2)10-24-11-17-18(26-12-24)8-14(3)20-21(25)19(27-22(17)20)9-15-4-6-16(23)7-5-15/h4-9,13H,10-12H2,1-3H3/b19-9-. The van der Waals surface area contributed by atoms with E-state index in [2.05, 4.69) is 18.7 Å². The summed E-state index contributed by atoms with van der Waals surface area (Å²) in [5.41, 5.74) is 3.35. The first-order chi connectivity index (χ1) is 12.9. The highest BCUT2D eigenvalue weighted by Crippen LogP contribution is 2.44. The van der Waals surface area contributed by atoms with Gasteiger partial charge in [0, 0.05) is 18.1 Å². The van der Waals surface area contributed by atoms with Crippen molar-refractivity contribution in [2.75, 3.05) is 13.3 Å². The minimum Gasteiger partial charge on any atom is -0.478 e. The first-order valence-corrected chi connectivity index (χ1v) is 9.51. The summed E-state index contributed by atoms with van der Waals surface area (Å²) in [6.45, 7) is 8.51. The molecule has 4 rings (SSSR count). The number of carbonyl (C=O) groups is 1. The average molecular weight is 384 g/mol. The molecule has 27 heavy (non-hydrogen) atoms. The van der Waals surface area contributed by atoms with Gasteiger partial charge in [0.25, 0.3) is 0 Å². The quantitative estimate of drug-likeness (QED) is 0.693. The second kappa shape index (κ2) is 7.02. The molecule has 2 aromatic rings. The van der Waals surface area contributed by atoms with E-state index < -0.39 is 0 Å². The Hall–Kier alpha value is -2.30. The number of aryl methyl sites for hydroxylation is 1. The summed E-state index contributed by atoms with van der Waals surface area (Å²) in [4.78, 5) is 15.2. The van der Waals surface area contributed by atoms with E-state index in [4.69, 9.17) is 21.1 Å². The summed E-state index contributed by atoms with van der Waals surface area (Å²) in [5.74, 6) is 2.25. The number of hydrogen-bond donors (Lipinski definition) is 0. The number of allylic oxidation sites excluding steroid dienone is 1. The number of ketones is 1. The number of carbonyl (C=O) groups excluding carboxylic acids is 1. The SMILES string of the molecule is Cc1cc2c(c3c1C(=O)/C(=C/c1ccc(Cl)cc1)O3)CN(CC(C)C)CO2. The van der Waals surface area contributed by atoms with Crippen LogP contribution in [0.2, 0.25) is 5.02 Å². The van der Waals surface area contributed by atoms with Gasteiger partial charge in [0.2, 0.25) is 5.78 Å². The lowest BCUT2D eigenvalue weighted by atomic mass is 9.98. The lowest BCUT2D eigenvalue weighted by Crippen LogP contribution is -2.35. The Morgan fingerprint density at radius 2 is 2.00 bits per heavy atom. The van der Waals surface area contributed by atoms with Gasteiger partial charge >= 0.3 is 0 Å². The Labute approximate surface area is 164 Å². The molecule has 4 nitrogen and oxygen atoms in total. The summed E-state index contributed by atoms with van der Waals surface area (Å²) in [7, 11) is 0. The fourth-order valence-corrected chi connectivity index (χ4v) is 3.75. The van der Waals surface area contributed by atoms with Crippen LogP contribution < -0.4 is 9.47 Å². The Bertz CT molecular complexity index is 932. The zero-order chi connectivity index (χ0) is 19.1. The van der Waals surface area contributed by atoms with Gasteiger partial charge in [-0.2, -0.15) is 0 Å². The molecule has 0 saturated carbocycles. The van der Waals surface area contributed by atoms with E-state index in [1.54, 1.807) is 18.2 Å². The summed E-state index contributed by atoms with van der Waals surface area (Å²) in [6.07, 6.45) is 1.76. The Morgan fingerprint density at radius 1 is 1.26 bits per heavy atom. The molecule has 0 spiro atoms. The summed E-state index contributed by atoms with van der Waals surface area (Å²) >= 11 is 5.94. The Balaban J connectivity index is 1.70. The summed E-state index contributed by atoms with van der Waals surface area (Å²) in [6, 6.07) is 9.28. The van der Waals surface area contributed by atoms with E-state index >= 15 is 0 Å². The zero-order valence-electron chi connectivity index (χ0n) is 15.7. The molecule has 0 bridgehead atoms. The van der Waals surface area contributed by atoms with Crippen LogP contribution >= 0.6 is 11.6 Å². The summed E-state index contributed by atoms with van der Waals surface area (Å²) in [5, 5.41) is 0.659. The number of benzene rings is 2. The first kappa shape index (κ1) is 18.1. The van der Waals surface area contributed by atoms with Crippen LogP contribution in [0.5, 0.6) is 11.5 Å². The van der Waals surface area contributed by atoms with Crippen molar-refractivity contribution in [3.63, 3.8) is 0 Å². The average Bonchev–Trinajstić information content (AvgIpc) is 2.94. The van der Waals surface area contributed by atoms with Gasteiger partial charge in [-0.15, -0.1) is 0 Å². The molecule has 2 heterocycles. The molecule has 0 aliphatic carbocycles. The van der Waals surface area contributed by atoms with E-state index in [0.29, 0.717) is 34.7 Å². The lowest BCUT2D eigenvalue weighted by molar-refractivity contribution is 0.0831. The Kier molecular flexibility index (Phi) is 4.70. The topological polar surface area (TPSA) is 38.8 Å². The second-order valence-corrected chi connectivity index (χ2v) is 7.98. The van der Waals surface area contributed by atoms with Crippen molar-refractivity contribution in [2.24, 2.45) is 5.92 Å². The normalized spacial score (nSPS) is 17.7. The predicted molar refractivity (Wildman–Crippen MR) is 106 cm³/mol. The van der Waals surface area contributed by atoms with Crippen molar-refractivity contribution >= 4 is 23.5 Å². The largest absolute Gasteiger partial charge is 0.478 e. The number of nitrogens with zero attached hydrogens (tertiary/aromatic N) is 1. The van der Waals surface area contributed by atoms with Crippen LogP contribution in [0.3, 0.4) is 0 Å². The molecule has 0 unspecified atom stereocenters. The maximum absolute atomic E-state index is 13.0. The van der Waals surface area contributed by atoms with Crippen molar-refractivity contribution in [3.8, 4) is 11.5 Å². The van der Waals surface area contributed by atoms with Gasteiger partial charge in [-0.1, -0.05) is 37.6 Å². The Morgan fingerprint density at radius 3 is 2.70 bits per heavy atom. The molecule has 0 fully saturated rings. The third-order valence-electron chi connectivity index (χ3n) is 4.78. The fourth-order valence-electron chi connectivity index (χ4n) is 3.62. The third kappa shape index (κ3) is 3.47. The number of halogens is 1. The van der Waals surface area contributed by atoms with Crippen molar-refractivity contribution < 1.29 is 14.3 Å². The van der Waals surface area contributed by atoms with E-state index in [1.807, 2.05) is 25.1 Å². The molecule has 2 aliphatic rings. The highest BCUT2D eigenvalue weighted by Gasteiger charge is 2.35. The van der Waals surface area contributed by atoms with Crippen LogP contribution in [0.4, 0.5) is 0 Å². The van der Waals surface area contributed by atoms with Crippen molar-refractivity contribution in [1.29, 1.82) is 0 Å². The minimum absolute atomic E-state index is 0.0822. The van der Waals surface area contributed by atoms with Crippen LogP contribution in [-0.2, 0) is 6.54 Å². The summed E-state index contributed by atoms with van der Waals surface area (Å²) < 4.78 is 12.0. The zero-order valence-corrected chi connectivity index (χ0v) is 16.5. The van der Waals surface area contributed by atoms with Gasteiger partial charge in [-0.25, -0.2) is 0 Å². The fraction of sp³-hybridized carbons (Fsp3) is 0.318. The van der Waals surface area contributed by atoms with Gasteiger partial charge < -0.3 is 9.47 Å². The van der Waals surface area contributed by atoms with Crippen LogP contribution in [-0.4, -0.2) is 24.0 Å². The molecular weight excluding hydrogens is 362 g/mol. The molecule has 2 aliphatic heterocycles. The maximum atomic E-state index is 13.0. The molecule has 0 atom stereocenters. The highest BCUT2D eigenvalue weighted by atomic mass is 35.5. The molecule has 140 valence electrons. The predicted octanol–water partition coefficient (Wildman–Crippen LogP) is 5.07. The van der Waals surface area contributed by atoms with Crippen LogP contribution in [0.25, 0.3) is 6.08 Å². The van der Waals surface area contributed by atoms with Crippen LogP contribution in [0.1, 0.15) is 40.9 Å². The number of ether oxygens (including phenoxy) is 2. The molecule has 0 saturated heterocycles. The first-order valence-electron chi connectivity index (χ1n) is 9.14. The number of rotatable bonds is 3. The van der Waals surface area contributed by atoms with E-state index in [0.717, 1.165) is 35.5 Å². The van der Waals surface area contributed by atoms with Crippen LogP contribution in [0, 0.1) is 12.8 Å². The van der Waals surface area contributed by atoms with Crippen LogP contribution in [0.15, 0.2) is 36.1 Å². The number of hydrogen-bond acceptors (Lipinski definition) is 4. The molecule has 0 N–H and O–H groups in total.